The SMILES string of the molecule is CN(CCO)S(=O)(=O)/C=C/c1cccc(Br)c1. The summed E-state index contributed by atoms with van der Waals surface area (Å²) in [4.78, 5) is 0. The molecule has 0 bridgehead atoms. The van der Waals surface area contributed by atoms with Crippen LogP contribution in [0.15, 0.2) is 34.1 Å². The van der Waals surface area contributed by atoms with Gasteiger partial charge in [0.05, 0.1) is 6.61 Å². The zero-order chi connectivity index (χ0) is 12.9. The Bertz CT molecular complexity index is 499. The van der Waals surface area contributed by atoms with Crippen molar-refractivity contribution in [2.75, 3.05) is 20.2 Å². The molecule has 1 N–H and O–H groups in total. The van der Waals surface area contributed by atoms with Gasteiger partial charge in [0.1, 0.15) is 0 Å². The molecule has 0 heterocycles. The molecule has 0 amide bonds. The zero-order valence-corrected chi connectivity index (χ0v) is 11.8. The molecule has 1 aromatic carbocycles. The van der Waals surface area contributed by atoms with E-state index in [9.17, 15) is 8.42 Å². The van der Waals surface area contributed by atoms with Crippen LogP contribution in [0, 0.1) is 0 Å². The van der Waals surface area contributed by atoms with E-state index >= 15 is 0 Å². The summed E-state index contributed by atoms with van der Waals surface area (Å²) in [7, 11) is -2.03. The molecule has 0 saturated carbocycles. The van der Waals surface area contributed by atoms with Crippen molar-refractivity contribution in [3.63, 3.8) is 0 Å². The van der Waals surface area contributed by atoms with Crippen LogP contribution in [-0.2, 0) is 10.0 Å². The lowest BCUT2D eigenvalue weighted by molar-refractivity contribution is 0.267. The highest BCUT2D eigenvalue weighted by Gasteiger charge is 2.12. The first-order valence-corrected chi connectivity index (χ1v) is 7.26. The van der Waals surface area contributed by atoms with E-state index < -0.39 is 10.0 Å². The van der Waals surface area contributed by atoms with Gasteiger partial charge in [-0.25, -0.2) is 8.42 Å². The van der Waals surface area contributed by atoms with Crippen LogP contribution in [0.1, 0.15) is 5.56 Å². The van der Waals surface area contributed by atoms with Gasteiger partial charge in [0.2, 0.25) is 10.0 Å². The largest absolute Gasteiger partial charge is 0.395 e. The average molecular weight is 320 g/mol. The number of aliphatic hydroxyl groups excluding tert-OH is 1. The van der Waals surface area contributed by atoms with Crippen molar-refractivity contribution in [1.82, 2.24) is 4.31 Å². The third kappa shape index (κ3) is 4.59. The molecule has 0 aromatic heterocycles. The van der Waals surface area contributed by atoms with Crippen molar-refractivity contribution in [2.45, 2.75) is 0 Å². The van der Waals surface area contributed by atoms with Crippen LogP contribution in [0.25, 0.3) is 6.08 Å². The third-order valence-electron chi connectivity index (χ3n) is 2.13. The first-order valence-electron chi connectivity index (χ1n) is 4.96. The van der Waals surface area contributed by atoms with Gasteiger partial charge < -0.3 is 5.11 Å². The van der Waals surface area contributed by atoms with Gasteiger partial charge in [0.15, 0.2) is 0 Å². The standard InChI is InChI=1S/C11H14BrNO3S/c1-13(6-7-14)17(15,16)8-5-10-3-2-4-11(12)9-10/h2-5,8-9,14H,6-7H2,1H3/b8-5+. The van der Waals surface area contributed by atoms with Gasteiger partial charge in [-0.15, -0.1) is 0 Å². The second kappa shape index (κ2) is 6.30. The molecule has 17 heavy (non-hydrogen) atoms. The number of rotatable bonds is 5. The Morgan fingerprint density at radius 3 is 2.76 bits per heavy atom. The van der Waals surface area contributed by atoms with Crippen LogP contribution in [0.3, 0.4) is 0 Å². The lowest BCUT2D eigenvalue weighted by atomic mass is 10.2. The normalized spacial score (nSPS) is 12.5. The quantitative estimate of drug-likeness (QED) is 0.898. The monoisotopic (exact) mass is 319 g/mol. The fraction of sp³-hybridized carbons (Fsp3) is 0.273. The molecule has 0 aliphatic rings. The number of benzene rings is 1. The summed E-state index contributed by atoms with van der Waals surface area (Å²) in [6.45, 7) is -0.106. The molecular formula is C11H14BrNO3S. The van der Waals surface area contributed by atoms with E-state index in [0.29, 0.717) is 0 Å². The minimum Gasteiger partial charge on any atom is -0.395 e. The highest BCUT2D eigenvalue weighted by molar-refractivity contribution is 9.10. The summed E-state index contributed by atoms with van der Waals surface area (Å²) < 4.78 is 25.4. The summed E-state index contributed by atoms with van der Waals surface area (Å²) in [6.07, 6.45) is 1.52. The predicted molar refractivity (Wildman–Crippen MR) is 71.8 cm³/mol. The molecule has 0 unspecified atom stereocenters. The molecule has 0 saturated heterocycles. The van der Waals surface area contributed by atoms with E-state index in [2.05, 4.69) is 15.9 Å². The van der Waals surface area contributed by atoms with Crippen LogP contribution >= 0.6 is 15.9 Å². The fourth-order valence-electron chi connectivity index (χ4n) is 1.15. The Morgan fingerprint density at radius 2 is 2.18 bits per heavy atom. The second-order valence-corrected chi connectivity index (χ2v) is 6.29. The average Bonchev–Trinajstić information content (AvgIpc) is 2.27. The zero-order valence-electron chi connectivity index (χ0n) is 9.38. The number of hydrogen-bond acceptors (Lipinski definition) is 3. The maximum Gasteiger partial charge on any atom is 0.236 e. The molecule has 0 radical (unpaired) electrons. The number of nitrogens with zero attached hydrogens (tertiary/aromatic N) is 1. The Kier molecular flexibility index (Phi) is 5.32. The number of hydrogen-bond donors (Lipinski definition) is 1. The summed E-state index contributed by atoms with van der Waals surface area (Å²) in [5.41, 5.74) is 0.792. The van der Waals surface area contributed by atoms with Crippen molar-refractivity contribution >= 4 is 32.0 Å². The lowest BCUT2D eigenvalue weighted by Crippen LogP contribution is -2.27. The van der Waals surface area contributed by atoms with E-state index in [0.717, 1.165) is 19.7 Å². The van der Waals surface area contributed by atoms with Crippen LogP contribution in [0.2, 0.25) is 0 Å². The van der Waals surface area contributed by atoms with Gasteiger partial charge in [-0.05, 0) is 23.8 Å². The van der Waals surface area contributed by atoms with Gasteiger partial charge in [-0.3, -0.25) is 0 Å². The summed E-state index contributed by atoms with van der Waals surface area (Å²) in [6, 6.07) is 7.32. The van der Waals surface area contributed by atoms with Gasteiger partial charge in [-0.1, -0.05) is 28.1 Å². The van der Waals surface area contributed by atoms with Crippen molar-refractivity contribution in [2.24, 2.45) is 0 Å². The topological polar surface area (TPSA) is 57.6 Å². The molecule has 94 valence electrons. The lowest BCUT2D eigenvalue weighted by Gasteiger charge is -2.12. The van der Waals surface area contributed by atoms with Crippen molar-refractivity contribution in [3.05, 3.63) is 39.7 Å². The van der Waals surface area contributed by atoms with Crippen molar-refractivity contribution in [3.8, 4) is 0 Å². The van der Waals surface area contributed by atoms with Crippen molar-refractivity contribution in [1.29, 1.82) is 0 Å². The Balaban J connectivity index is 2.84. The van der Waals surface area contributed by atoms with E-state index in [1.807, 2.05) is 24.3 Å². The molecule has 4 nitrogen and oxygen atoms in total. The number of aliphatic hydroxyl groups is 1. The molecule has 0 aliphatic carbocycles. The van der Waals surface area contributed by atoms with Gasteiger partial charge >= 0.3 is 0 Å². The fourth-order valence-corrected chi connectivity index (χ4v) is 2.44. The Hall–Kier alpha value is -0.690. The smallest absolute Gasteiger partial charge is 0.236 e. The van der Waals surface area contributed by atoms with Gasteiger partial charge in [0, 0.05) is 23.5 Å². The number of sulfonamides is 1. The second-order valence-electron chi connectivity index (χ2n) is 3.45. The van der Waals surface area contributed by atoms with Crippen LogP contribution in [-0.4, -0.2) is 38.0 Å². The Morgan fingerprint density at radius 1 is 1.47 bits per heavy atom. The minimum absolute atomic E-state index is 0.0884. The van der Waals surface area contributed by atoms with E-state index in [-0.39, 0.29) is 13.2 Å². The van der Waals surface area contributed by atoms with E-state index in [1.165, 1.54) is 13.1 Å². The third-order valence-corrected chi connectivity index (χ3v) is 4.16. The molecule has 0 atom stereocenters. The molecule has 0 fully saturated rings. The number of halogens is 1. The maximum atomic E-state index is 11.7. The minimum atomic E-state index is -3.46. The first kappa shape index (κ1) is 14.4. The van der Waals surface area contributed by atoms with Crippen LogP contribution < -0.4 is 0 Å². The highest BCUT2D eigenvalue weighted by atomic mass is 79.9. The molecule has 0 aliphatic heterocycles. The maximum absolute atomic E-state index is 11.7. The van der Waals surface area contributed by atoms with E-state index in [1.54, 1.807) is 0 Å². The highest BCUT2D eigenvalue weighted by Crippen LogP contribution is 2.13. The van der Waals surface area contributed by atoms with Gasteiger partial charge in [-0.2, -0.15) is 4.31 Å². The van der Waals surface area contributed by atoms with Gasteiger partial charge in [0.25, 0.3) is 0 Å². The van der Waals surface area contributed by atoms with Crippen molar-refractivity contribution < 1.29 is 13.5 Å². The van der Waals surface area contributed by atoms with E-state index in [4.69, 9.17) is 5.11 Å². The molecule has 6 heteroatoms. The molecule has 1 aromatic rings. The first-order chi connectivity index (χ1) is 7.95. The molecule has 0 spiro atoms. The summed E-state index contributed by atoms with van der Waals surface area (Å²) >= 11 is 3.31. The predicted octanol–water partition coefficient (Wildman–Crippen LogP) is 1.67. The molecular weight excluding hydrogens is 306 g/mol. The summed E-state index contributed by atoms with van der Waals surface area (Å²) in [5, 5.41) is 9.81. The van der Waals surface area contributed by atoms with Crippen LogP contribution in [0.5, 0.6) is 0 Å². The molecule has 1 rings (SSSR count). The summed E-state index contributed by atoms with van der Waals surface area (Å²) in [5.74, 6) is 0. The Labute approximate surface area is 110 Å². The van der Waals surface area contributed by atoms with Crippen LogP contribution in [0.4, 0.5) is 0 Å². The number of likely N-dealkylation sites (N-methyl/N-ethyl adjacent to an activating group) is 1.